The summed E-state index contributed by atoms with van der Waals surface area (Å²) in [4.78, 5) is 0. The van der Waals surface area contributed by atoms with Gasteiger partial charge in [0.2, 0.25) is 0 Å². The Labute approximate surface area is 173 Å². The van der Waals surface area contributed by atoms with E-state index in [1.807, 2.05) is 12.1 Å². The van der Waals surface area contributed by atoms with Crippen LogP contribution in [0.5, 0.6) is 5.75 Å². The Morgan fingerprint density at radius 3 is 2.03 bits per heavy atom. The van der Waals surface area contributed by atoms with Crippen LogP contribution in [0.3, 0.4) is 0 Å². The molecule has 0 atom stereocenters. The summed E-state index contributed by atoms with van der Waals surface area (Å²) >= 11 is 0. The third-order valence-electron chi connectivity index (χ3n) is 6.91. The summed E-state index contributed by atoms with van der Waals surface area (Å²) in [6.45, 7) is 1.06. The Hall–Kier alpha value is -1.45. The van der Waals surface area contributed by atoms with Crippen molar-refractivity contribution in [2.45, 2.75) is 77.3 Å². The number of alkyl halides is 3. The first-order valence-electron chi connectivity index (χ1n) is 11.4. The zero-order valence-electron chi connectivity index (χ0n) is 17.6. The first-order chi connectivity index (χ1) is 13.9. The minimum absolute atomic E-state index is 0.258. The molecule has 0 N–H and O–H groups in total. The second kappa shape index (κ2) is 10.5. The van der Waals surface area contributed by atoms with Crippen molar-refractivity contribution < 1.29 is 17.9 Å². The number of allylic oxidation sites excluding steroid dienone is 1. The fraction of sp³-hybridized carbons (Fsp3) is 0.680. The second-order valence-electron chi connectivity index (χ2n) is 9.08. The van der Waals surface area contributed by atoms with Crippen LogP contribution in [-0.4, -0.2) is 12.8 Å². The highest BCUT2D eigenvalue weighted by Crippen LogP contribution is 2.42. The number of ether oxygens (including phenoxy) is 1. The number of rotatable bonds is 7. The van der Waals surface area contributed by atoms with Gasteiger partial charge in [0, 0.05) is 0 Å². The Kier molecular flexibility index (Phi) is 8.08. The highest BCUT2D eigenvalue weighted by Gasteiger charge is 2.30. The van der Waals surface area contributed by atoms with Gasteiger partial charge in [-0.3, -0.25) is 0 Å². The molecule has 0 aliphatic heterocycles. The van der Waals surface area contributed by atoms with Gasteiger partial charge in [-0.05, 0) is 79.9 Å². The Morgan fingerprint density at radius 1 is 0.897 bits per heavy atom. The van der Waals surface area contributed by atoms with E-state index in [1.54, 1.807) is 12.1 Å². The lowest BCUT2D eigenvalue weighted by Gasteiger charge is -2.37. The molecule has 1 nitrogen and oxygen atoms in total. The van der Waals surface area contributed by atoms with E-state index in [0.717, 1.165) is 23.3 Å². The molecule has 0 bridgehead atoms. The average molecular weight is 409 g/mol. The van der Waals surface area contributed by atoms with Crippen molar-refractivity contribution in [3.8, 4) is 5.75 Å². The predicted molar refractivity (Wildman–Crippen MR) is 113 cm³/mol. The van der Waals surface area contributed by atoms with Gasteiger partial charge in [-0.1, -0.05) is 56.9 Å². The third-order valence-corrected chi connectivity index (χ3v) is 6.91. The average Bonchev–Trinajstić information content (AvgIpc) is 2.72. The molecule has 3 rings (SSSR count). The van der Waals surface area contributed by atoms with E-state index >= 15 is 0 Å². The van der Waals surface area contributed by atoms with Crippen molar-refractivity contribution in [2.75, 3.05) is 6.61 Å². The Morgan fingerprint density at radius 2 is 1.48 bits per heavy atom. The number of hydrogen-bond acceptors (Lipinski definition) is 1. The van der Waals surface area contributed by atoms with Crippen LogP contribution in [0.1, 0.15) is 76.7 Å². The third kappa shape index (κ3) is 7.38. The largest absolute Gasteiger partial charge is 0.484 e. The van der Waals surface area contributed by atoms with E-state index in [2.05, 4.69) is 19.1 Å². The van der Waals surface area contributed by atoms with Crippen LogP contribution in [0.2, 0.25) is 0 Å². The Balaban J connectivity index is 1.39. The quantitative estimate of drug-likeness (QED) is 0.443. The molecule has 0 unspecified atom stereocenters. The highest BCUT2D eigenvalue weighted by molar-refractivity contribution is 5.50. The summed E-state index contributed by atoms with van der Waals surface area (Å²) in [7, 11) is 0. The van der Waals surface area contributed by atoms with E-state index in [0.29, 0.717) is 5.92 Å². The SMILES string of the molecule is CCCC1CCC(C2CCC(C=Cc3ccc(OCC(F)(F)F)cc3)CC2)CC1. The van der Waals surface area contributed by atoms with Gasteiger partial charge in [0.1, 0.15) is 5.75 Å². The van der Waals surface area contributed by atoms with Gasteiger partial charge < -0.3 is 4.74 Å². The lowest BCUT2D eigenvalue weighted by Crippen LogP contribution is -2.25. The van der Waals surface area contributed by atoms with Crippen LogP contribution < -0.4 is 4.74 Å². The van der Waals surface area contributed by atoms with Gasteiger partial charge in [0.25, 0.3) is 0 Å². The minimum Gasteiger partial charge on any atom is -0.484 e. The van der Waals surface area contributed by atoms with Crippen LogP contribution in [-0.2, 0) is 0 Å². The maximum absolute atomic E-state index is 12.2. The number of halogens is 3. The lowest BCUT2D eigenvalue weighted by molar-refractivity contribution is -0.153. The molecular formula is C25H35F3O. The summed E-state index contributed by atoms with van der Waals surface area (Å²) < 4.78 is 41.4. The van der Waals surface area contributed by atoms with Gasteiger partial charge in [-0.25, -0.2) is 0 Å². The topological polar surface area (TPSA) is 9.23 Å². The monoisotopic (exact) mass is 408 g/mol. The van der Waals surface area contributed by atoms with Gasteiger partial charge in [-0.2, -0.15) is 13.2 Å². The molecule has 0 heterocycles. The van der Waals surface area contributed by atoms with Gasteiger partial charge in [0.05, 0.1) is 0 Å². The van der Waals surface area contributed by atoms with E-state index in [9.17, 15) is 13.2 Å². The second-order valence-corrected chi connectivity index (χ2v) is 9.08. The Bertz CT molecular complexity index is 618. The number of benzene rings is 1. The summed E-state index contributed by atoms with van der Waals surface area (Å²) in [6, 6.07) is 6.86. The van der Waals surface area contributed by atoms with E-state index in [-0.39, 0.29) is 5.75 Å². The molecule has 0 aromatic heterocycles. The standard InChI is InChI=1S/C25H35F3O/c1-2-3-19-6-12-22(13-7-19)23-14-8-20(9-15-23)4-5-21-10-16-24(17-11-21)29-18-25(26,27)28/h4-5,10-11,16-17,19-20,22-23H,2-3,6-9,12-15,18H2,1H3. The summed E-state index contributed by atoms with van der Waals surface area (Å²) in [5.74, 6) is 3.75. The van der Waals surface area contributed by atoms with Crippen molar-refractivity contribution in [2.24, 2.45) is 23.7 Å². The summed E-state index contributed by atoms with van der Waals surface area (Å²) in [5.41, 5.74) is 1.01. The van der Waals surface area contributed by atoms with Gasteiger partial charge in [0.15, 0.2) is 6.61 Å². The highest BCUT2D eigenvalue weighted by atomic mass is 19.4. The summed E-state index contributed by atoms with van der Waals surface area (Å²) in [5, 5.41) is 0. The molecule has 2 aliphatic rings. The van der Waals surface area contributed by atoms with Crippen LogP contribution in [0.25, 0.3) is 6.08 Å². The van der Waals surface area contributed by atoms with Crippen molar-refractivity contribution in [1.82, 2.24) is 0 Å². The number of hydrogen-bond donors (Lipinski definition) is 0. The molecule has 4 heteroatoms. The van der Waals surface area contributed by atoms with Crippen molar-refractivity contribution in [1.29, 1.82) is 0 Å². The van der Waals surface area contributed by atoms with Crippen LogP contribution >= 0.6 is 0 Å². The van der Waals surface area contributed by atoms with Crippen molar-refractivity contribution in [3.63, 3.8) is 0 Å². The molecule has 0 spiro atoms. The molecule has 2 fully saturated rings. The zero-order chi connectivity index (χ0) is 20.7. The van der Waals surface area contributed by atoms with E-state index in [1.165, 1.54) is 64.2 Å². The minimum atomic E-state index is -4.30. The maximum Gasteiger partial charge on any atom is 0.422 e. The molecule has 0 amide bonds. The molecule has 2 aliphatic carbocycles. The first-order valence-corrected chi connectivity index (χ1v) is 11.4. The molecule has 0 saturated heterocycles. The molecule has 0 radical (unpaired) electrons. The van der Waals surface area contributed by atoms with Gasteiger partial charge in [-0.15, -0.1) is 0 Å². The fourth-order valence-corrected chi connectivity index (χ4v) is 5.25. The molecular weight excluding hydrogens is 373 g/mol. The van der Waals surface area contributed by atoms with Gasteiger partial charge >= 0.3 is 6.18 Å². The van der Waals surface area contributed by atoms with Crippen LogP contribution in [0.4, 0.5) is 13.2 Å². The molecule has 2 saturated carbocycles. The molecule has 29 heavy (non-hydrogen) atoms. The maximum atomic E-state index is 12.2. The lowest BCUT2D eigenvalue weighted by atomic mass is 9.68. The van der Waals surface area contributed by atoms with Crippen molar-refractivity contribution in [3.05, 3.63) is 35.9 Å². The van der Waals surface area contributed by atoms with E-state index in [4.69, 9.17) is 4.74 Å². The molecule has 162 valence electrons. The predicted octanol–water partition coefficient (Wildman–Crippen LogP) is 8.05. The normalized spacial score (nSPS) is 28.6. The fourth-order valence-electron chi connectivity index (χ4n) is 5.25. The van der Waals surface area contributed by atoms with Crippen molar-refractivity contribution >= 4 is 6.08 Å². The smallest absolute Gasteiger partial charge is 0.422 e. The zero-order valence-corrected chi connectivity index (χ0v) is 17.6. The van der Waals surface area contributed by atoms with Crippen LogP contribution in [0, 0.1) is 23.7 Å². The summed E-state index contributed by atoms with van der Waals surface area (Å²) in [6.07, 6.45) is 13.9. The van der Waals surface area contributed by atoms with E-state index < -0.39 is 12.8 Å². The molecule has 1 aromatic carbocycles. The van der Waals surface area contributed by atoms with Crippen LogP contribution in [0.15, 0.2) is 30.3 Å². The first kappa shape index (κ1) is 22.2. The molecule has 1 aromatic rings.